The van der Waals surface area contributed by atoms with Crippen LogP contribution in [0.1, 0.15) is 43.1 Å². The van der Waals surface area contributed by atoms with Crippen LogP contribution >= 0.6 is 11.6 Å². The summed E-state index contributed by atoms with van der Waals surface area (Å²) in [5, 5.41) is 8.48. The Morgan fingerprint density at radius 1 is 1.00 bits per heavy atom. The van der Waals surface area contributed by atoms with Gasteiger partial charge in [0.25, 0.3) is 5.91 Å². The van der Waals surface area contributed by atoms with Crippen molar-refractivity contribution in [2.24, 2.45) is 0 Å². The monoisotopic (exact) mass is 431 g/mol. The van der Waals surface area contributed by atoms with E-state index in [-0.39, 0.29) is 24.8 Å². The molecular formula is C22H26ClN3O4. The van der Waals surface area contributed by atoms with Gasteiger partial charge in [0.2, 0.25) is 5.91 Å². The summed E-state index contributed by atoms with van der Waals surface area (Å²) in [6.07, 6.45) is -0.431. The Bertz CT molecular complexity index is 909. The van der Waals surface area contributed by atoms with E-state index in [4.69, 9.17) is 16.3 Å². The molecule has 0 fully saturated rings. The average molecular weight is 432 g/mol. The highest BCUT2D eigenvalue weighted by molar-refractivity contribution is 6.34. The Balaban J connectivity index is 1.80. The zero-order valence-corrected chi connectivity index (χ0v) is 18.0. The second kappa shape index (κ2) is 10.6. The van der Waals surface area contributed by atoms with Gasteiger partial charge in [0, 0.05) is 25.2 Å². The minimum atomic E-state index is -0.585. The number of carbonyl (C=O) groups is 3. The third kappa shape index (κ3) is 8.13. The predicted molar refractivity (Wildman–Crippen MR) is 117 cm³/mol. The molecule has 0 saturated heterocycles. The van der Waals surface area contributed by atoms with Gasteiger partial charge < -0.3 is 20.7 Å². The highest BCUT2D eigenvalue weighted by atomic mass is 35.5. The molecule has 0 heterocycles. The minimum Gasteiger partial charge on any atom is -0.444 e. The summed E-state index contributed by atoms with van der Waals surface area (Å²) in [5.41, 5.74) is 1.22. The van der Waals surface area contributed by atoms with Crippen LogP contribution in [0.25, 0.3) is 0 Å². The SMILES string of the molecule is CC(C)(C)OC(=O)NCCC(=O)NCc1cccc(NC(=O)c2ccccc2Cl)c1. The lowest BCUT2D eigenvalue weighted by molar-refractivity contribution is -0.121. The molecule has 0 spiro atoms. The molecule has 160 valence electrons. The van der Waals surface area contributed by atoms with Crippen molar-refractivity contribution in [1.29, 1.82) is 0 Å². The number of hydrogen-bond acceptors (Lipinski definition) is 4. The number of hydrogen-bond donors (Lipinski definition) is 3. The maximum Gasteiger partial charge on any atom is 0.407 e. The molecular weight excluding hydrogens is 406 g/mol. The van der Waals surface area contributed by atoms with Crippen LogP contribution in [0.3, 0.4) is 0 Å². The number of anilines is 1. The summed E-state index contributed by atoms with van der Waals surface area (Å²) in [6.45, 7) is 5.77. The summed E-state index contributed by atoms with van der Waals surface area (Å²) >= 11 is 6.05. The van der Waals surface area contributed by atoms with Gasteiger partial charge in [-0.25, -0.2) is 4.79 Å². The number of halogens is 1. The predicted octanol–water partition coefficient (Wildman–Crippen LogP) is 4.12. The Morgan fingerprint density at radius 3 is 2.43 bits per heavy atom. The minimum absolute atomic E-state index is 0.127. The Kier molecular flexibility index (Phi) is 8.24. The first-order valence-electron chi connectivity index (χ1n) is 9.52. The third-order valence-corrected chi connectivity index (χ3v) is 4.14. The molecule has 0 saturated carbocycles. The topological polar surface area (TPSA) is 96.5 Å². The highest BCUT2D eigenvalue weighted by Crippen LogP contribution is 2.18. The van der Waals surface area contributed by atoms with E-state index in [1.807, 2.05) is 6.07 Å². The van der Waals surface area contributed by atoms with Crippen LogP contribution in [0, 0.1) is 0 Å². The molecule has 0 unspecified atom stereocenters. The first-order chi connectivity index (χ1) is 14.1. The number of ether oxygens (including phenoxy) is 1. The summed E-state index contributed by atoms with van der Waals surface area (Å²) in [4.78, 5) is 35.9. The van der Waals surface area contributed by atoms with Crippen molar-refractivity contribution in [2.45, 2.75) is 39.3 Å². The van der Waals surface area contributed by atoms with Gasteiger partial charge in [-0.05, 0) is 50.6 Å². The van der Waals surface area contributed by atoms with Crippen LogP contribution < -0.4 is 16.0 Å². The molecule has 3 amide bonds. The molecule has 2 aromatic carbocycles. The van der Waals surface area contributed by atoms with Crippen molar-refractivity contribution < 1.29 is 19.1 Å². The maximum atomic E-state index is 12.4. The summed E-state index contributed by atoms with van der Waals surface area (Å²) < 4.78 is 5.11. The van der Waals surface area contributed by atoms with Gasteiger partial charge in [0.1, 0.15) is 5.60 Å². The Hall–Kier alpha value is -3.06. The third-order valence-electron chi connectivity index (χ3n) is 3.81. The van der Waals surface area contributed by atoms with E-state index >= 15 is 0 Å². The van der Waals surface area contributed by atoms with Gasteiger partial charge in [-0.1, -0.05) is 35.9 Å². The van der Waals surface area contributed by atoms with E-state index in [9.17, 15) is 14.4 Å². The number of carbonyl (C=O) groups excluding carboxylic acids is 3. The molecule has 0 aliphatic carbocycles. The Labute approximate surface area is 181 Å². The first kappa shape index (κ1) is 23.2. The second-order valence-corrected chi connectivity index (χ2v) is 8.00. The quantitative estimate of drug-likeness (QED) is 0.614. The Morgan fingerprint density at radius 2 is 1.73 bits per heavy atom. The van der Waals surface area contributed by atoms with Crippen molar-refractivity contribution in [3.8, 4) is 0 Å². The smallest absolute Gasteiger partial charge is 0.407 e. The van der Waals surface area contributed by atoms with Gasteiger partial charge in [0.05, 0.1) is 10.6 Å². The fraction of sp³-hybridized carbons (Fsp3) is 0.318. The lowest BCUT2D eigenvalue weighted by Crippen LogP contribution is -2.35. The van der Waals surface area contributed by atoms with Crippen LogP contribution in [-0.2, 0) is 16.1 Å². The summed E-state index contributed by atoms with van der Waals surface area (Å²) in [7, 11) is 0. The van der Waals surface area contributed by atoms with E-state index in [2.05, 4.69) is 16.0 Å². The van der Waals surface area contributed by atoms with Crippen molar-refractivity contribution >= 4 is 35.2 Å². The van der Waals surface area contributed by atoms with Crippen LogP contribution in [0.15, 0.2) is 48.5 Å². The lowest BCUT2D eigenvalue weighted by atomic mass is 10.1. The van der Waals surface area contributed by atoms with Gasteiger partial charge in [-0.3, -0.25) is 9.59 Å². The van der Waals surface area contributed by atoms with Crippen molar-refractivity contribution in [3.63, 3.8) is 0 Å². The molecule has 0 aliphatic heterocycles. The first-order valence-corrected chi connectivity index (χ1v) is 9.90. The van der Waals surface area contributed by atoms with Crippen LogP contribution in [0.2, 0.25) is 5.02 Å². The largest absolute Gasteiger partial charge is 0.444 e. The molecule has 2 aromatic rings. The summed E-state index contributed by atoms with van der Waals surface area (Å²) in [5.74, 6) is -0.522. The molecule has 3 N–H and O–H groups in total. The number of amides is 3. The molecule has 0 aromatic heterocycles. The van der Waals surface area contributed by atoms with Crippen LogP contribution in [-0.4, -0.2) is 30.1 Å². The number of alkyl carbamates (subject to hydrolysis) is 1. The van der Waals surface area contributed by atoms with E-state index in [1.54, 1.807) is 63.2 Å². The highest BCUT2D eigenvalue weighted by Gasteiger charge is 2.16. The van der Waals surface area contributed by atoms with Gasteiger partial charge in [0.15, 0.2) is 0 Å². The molecule has 0 bridgehead atoms. The molecule has 2 rings (SSSR count). The van der Waals surface area contributed by atoms with Crippen molar-refractivity contribution in [2.75, 3.05) is 11.9 Å². The standard InChI is InChI=1S/C22H26ClN3O4/c1-22(2,3)30-21(29)24-12-11-19(27)25-14-15-7-6-8-16(13-15)26-20(28)17-9-4-5-10-18(17)23/h4-10,13H,11-12,14H2,1-3H3,(H,24,29)(H,25,27)(H,26,28). The van der Waals surface area contributed by atoms with Gasteiger partial charge in [-0.15, -0.1) is 0 Å². The zero-order chi connectivity index (χ0) is 22.1. The van der Waals surface area contributed by atoms with Crippen molar-refractivity contribution in [1.82, 2.24) is 10.6 Å². The number of nitrogens with one attached hydrogen (secondary N) is 3. The molecule has 0 atom stereocenters. The van der Waals surface area contributed by atoms with E-state index < -0.39 is 11.7 Å². The number of benzene rings is 2. The maximum absolute atomic E-state index is 12.4. The second-order valence-electron chi connectivity index (χ2n) is 7.59. The average Bonchev–Trinajstić information content (AvgIpc) is 2.65. The van der Waals surface area contributed by atoms with E-state index in [0.29, 0.717) is 22.8 Å². The van der Waals surface area contributed by atoms with Gasteiger partial charge >= 0.3 is 6.09 Å². The summed E-state index contributed by atoms with van der Waals surface area (Å²) in [6, 6.07) is 13.9. The molecule has 8 heteroatoms. The van der Waals surface area contributed by atoms with Crippen molar-refractivity contribution in [3.05, 3.63) is 64.7 Å². The fourth-order valence-corrected chi connectivity index (χ4v) is 2.71. The van der Waals surface area contributed by atoms with E-state index in [1.165, 1.54) is 0 Å². The van der Waals surface area contributed by atoms with Gasteiger partial charge in [-0.2, -0.15) is 0 Å². The fourth-order valence-electron chi connectivity index (χ4n) is 2.48. The molecule has 7 nitrogen and oxygen atoms in total. The number of rotatable bonds is 7. The molecule has 30 heavy (non-hydrogen) atoms. The normalized spacial score (nSPS) is 10.8. The molecule has 0 aliphatic rings. The van der Waals surface area contributed by atoms with Crippen LogP contribution in [0.4, 0.5) is 10.5 Å². The van der Waals surface area contributed by atoms with E-state index in [0.717, 1.165) is 5.56 Å². The lowest BCUT2D eigenvalue weighted by Gasteiger charge is -2.19. The zero-order valence-electron chi connectivity index (χ0n) is 17.3. The molecule has 0 radical (unpaired) electrons. The van der Waals surface area contributed by atoms with Crippen LogP contribution in [0.5, 0.6) is 0 Å².